The molecule has 0 saturated carbocycles. The first-order valence-electron chi connectivity index (χ1n) is 7.09. The molecule has 0 aliphatic rings. The van der Waals surface area contributed by atoms with Crippen LogP contribution < -0.4 is 5.32 Å². The molecule has 0 bridgehead atoms. The van der Waals surface area contributed by atoms with Gasteiger partial charge in [0.25, 0.3) is 0 Å². The van der Waals surface area contributed by atoms with Crippen molar-refractivity contribution in [2.45, 2.75) is 20.8 Å². The first-order valence-corrected chi connectivity index (χ1v) is 7.09. The third-order valence-corrected chi connectivity index (χ3v) is 2.70. The van der Waals surface area contributed by atoms with Gasteiger partial charge in [0.05, 0.1) is 16.9 Å². The number of nitrogens with zero attached hydrogens (tertiary/aromatic N) is 2. The van der Waals surface area contributed by atoms with Crippen LogP contribution in [0.4, 0.5) is 5.82 Å². The van der Waals surface area contributed by atoms with Crippen LogP contribution in [-0.4, -0.2) is 17.7 Å². The third kappa shape index (κ3) is 4.56. The van der Waals surface area contributed by atoms with Crippen LogP contribution in [0.25, 0.3) is 10.9 Å². The molecule has 0 aliphatic heterocycles. The number of allylic oxidation sites excluding steroid dienone is 2. The third-order valence-electron chi connectivity index (χ3n) is 2.70. The molecule has 0 unspecified atom stereocenters. The number of para-hydroxylation sites is 1. The number of hydrogen-bond acceptors (Lipinski definition) is 3. The number of nitrogens with one attached hydrogen (secondary N) is 1. The van der Waals surface area contributed by atoms with Crippen LogP contribution in [0.1, 0.15) is 22.2 Å². The standard InChI is InChI=1S/C16H16N3.C2H6.H2/c1-4-7-14(17-3)12(2)18-16-11-10-13-8-5-6-9-15(13)19-16;1-2;/h2,4-11H,1,3H3,(H,18,19);1-2H3;1H/b7-4-,12-2?,17-14?;;. The lowest BCUT2D eigenvalue weighted by atomic mass is 10.2. The Bertz CT molecular complexity index is 660. The van der Waals surface area contributed by atoms with E-state index < -0.39 is 0 Å². The number of rotatable bonds is 4. The highest BCUT2D eigenvalue weighted by Crippen LogP contribution is 2.15. The number of anilines is 1. The molecule has 1 N–H and O–H groups in total. The van der Waals surface area contributed by atoms with E-state index in [0.717, 1.165) is 10.9 Å². The Balaban J connectivity index is 0.00000141. The topological polar surface area (TPSA) is 37.3 Å². The van der Waals surface area contributed by atoms with Gasteiger partial charge in [-0.2, -0.15) is 0 Å². The summed E-state index contributed by atoms with van der Waals surface area (Å²) in [5.74, 6) is 0.710. The maximum absolute atomic E-state index is 5.97. The minimum absolute atomic E-state index is 0. The molecule has 2 aromatic rings. The largest absolute Gasteiger partial charge is 0.338 e. The average Bonchev–Trinajstić information content (AvgIpc) is 2.54. The van der Waals surface area contributed by atoms with E-state index in [1.807, 2.05) is 69.3 Å². The van der Waals surface area contributed by atoms with Gasteiger partial charge in [-0.3, -0.25) is 4.99 Å². The van der Waals surface area contributed by atoms with Crippen molar-refractivity contribution in [3.63, 3.8) is 0 Å². The Morgan fingerprint density at radius 1 is 1.24 bits per heavy atom. The molecular weight excluding hydrogens is 258 g/mol. The van der Waals surface area contributed by atoms with Crippen molar-refractivity contribution < 1.29 is 1.43 Å². The molecule has 0 amide bonds. The van der Waals surface area contributed by atoms with Crippen LogP contribution >= 0.6 is 0 Å². The van der Waals surface area contributed by atoms with E-state index in [1.54, 1.807) is 7.05 Å². The highest BCUT2D eigenvalue weighted by Gasteiger charge is 2.03. The monoisotopic (exact) mass is 282 g/mol. The summed E-state index contributed by atoms with van der Waals surface area (Å²) in [5, 5.41) is 4.17. The maximum Gasteiger partial charge on any atom is 0.131 e. The van der Waals surface area contributed by atoms with Gasteiger partial charge in [-0.25, -0.2) is 4.98 Å². The van der Waals surface area contributed by atoms with Crippen LogP contribution in [0.5, 0.6) is 0 Å². The number of aliphatic imine (C=N–C) groups is 1. The van der Waals surface area contributed by atoms with Crippen LogP contribution in [-0.2, 0) is 0 Å². The van der Waals surface area contributed by atoms with Gasteiger partial charge in [0.15, 0.2) is 0 Å². The van der Waals surface area contributed by atoms with Crippen molar-refractivity contribution in [1.29, 1.82) is 0 Å². The normalized spacial score (nSPS) is 11.1. The average molecular weight is 282 g/mol. The highest BCUT2D eigenvalue weighted by molar-refractivity contribution is 6.09. The first-order chi connectivity index (χ1) is 10.2. The first kappa shape index (κ1) is 16.6. The van der Waals surface area contributed by atoms with Crippen LogP contribution in [0.2, 0.25) is 0 Å². The molecule has 3 heteroatoms. The summed E-state index contributed by atoms with van der Waals surface area (Å²) >= 11 is 0. The fourth-order valence-electron chi connectivity index (χ4n) is 1.78. The molecule has 3 nitrogen and oxygen atoms in total. The Hall–Kier alpha value is -2.42. The zero-order valence-electron chi connectivity index (χ0n) is 13.1. The van der Waals surface area contributed by atoms with Crippen LogP contribution in [0, 0.1) is 6.58 Å². The van der Waals surface area contributed by atoms with Gasteiger partial charge in [-0.05, 0) is 37.8 Å². The quantitative estimate of drug-likeness (QED) is 0.811. The summed E-state index contributed by atoms with van der Waals surface area (Å²) in [6, 6.07) is 11.9. The van der Waals surface area contributed by atoms with Gasteiger partial charge >= 0.3 is 0 Å². The molecule has 1 radical (unpaired) electrons. The van der Waals surface area contributed by atoms with Crippen molar-refractivity contribution in [2.75, 3.05) is 12.4 Å². The zero-order chi connectivity index (χ0) is 15.7. The van der Waals surface area contributed by atoms with E-state index in [0.29, 0.717) is 17.2 Å². The van der Waals surface area contributed by atoms with Crippen molar-refractivity contribution in [3.05, 3.63) is 60.8 Å². The number of benzene rings is 1. The van der Waals surface area contributed by atoms with Gasteiger partial charge in [-0.15, -0.1) is 0 Å². The van der Waals surface area contributed by atoms with Gasteiger partial charge in [0, 0.05) is 13.9 Å². The highest BCUT2D eigenvalue weighted by atomic mass is 15.0. The Morgan fingerprint density at radius 3 is 2.62 bits per heavy atom. The minimum atomic E-state index is 0. The molecule has 111 valence electrons. The van der Waals surface area contributed by atoms with Gasteiger partial charge in [0.2, 0.25) is 0 Å². The second-order valence-corrected chi connectivity index (χ2v) is 4.04. The van der Waals surface area contributed by atoms with E-state index in [2.05, 4.69) is 15.3 Å². The molecule has 0 fully saturated rings. The fourth-order valence-corrected chi connectivity index (χ4v) is 1.78. The number of fused-ring (bicyclic) bond motifs is 1. The molecular formula is C18H24N3. The summed E-state index contributed by atoms with van der Waals surface area (Å²) in [5.41, 5.74) is 2.13. The van der Waals surface area contributed by atoms with Crippen molar-refractivity contribution in [3.8, 4) is 0 Å². The van der Waals surface area contributed by atoms with Crippen LogP contribution in [0.15, 0.2) is 59.2 Å². The molecule has 1 aromatic carbocycles. The van der Waals surface area contributed by atoms with Crippen molar-refractivity contribution >= 4 is 22.4 Å². The summed E-state index contributed by atoms with van der Waals surface area (Å²) in [6.45, 7) is 11.9. The smallest absolute Gasteiger partial charge is 0.131 e. The minimum Gasteiger partial charge on any atom is -0.338 e. The second kappa shape index (κ2) is 8.69. The predicted molar refractivity (Wildman–Crippen MR) is 94.8 cm³/mol. The van der Waals surface area contributed by atoms with E-state index in [1.165, 1.54) is 0 Å². The summed E-state index contributed by atoms with van der Waals surface area (Å²) in [4.78, 5) is 8.61. The fraction of sp³-hybridized carbons (Fsp3) is 0.222. The lowest BCUT2D eigenvalue weighted by molar-refractivity contribution is 1.34. The SMILES string of the molecule is CC.[CH]=C(Nc1ccc2ccccc2n1)C(/C=C\C)=NC.[HH]. The van der Waals surface area contributed by atoms with E-state index in [-0.39, 0.29) is 1.43 Å². The zero-order valence-corrected chi connectivity index (χ0v) is 13.1. The second-order valence-electron chi connectivity index (χ2n) is 4.04. The van der Waals surface area contributed by atoms with Crippen molar-refractivity contribution in [2.24, 2.45) is 4.99 Å². The Morgan fingerprint density at radius 2 is 1.95 bits per heavy atom. The molecule has 0 spiro atoms. The molecule has 1 heterocycles. The number of pyridine rings is 1. The molecule has 1 aromatic heterocycles. The van der Waals surface area contributed by atoms with Crippen molar-refractivity contribution in [1.82, 2.24) is 4.98 Å². The predicted octanol–water partition coefficient (Wildman–Crippen LogP) is 4.88. The lowest BCUT2D eigenvalue weighted by Crippen LogP contribution is -2.09. The number of aromatic nitrogens is 1. The lowest BCUT2D eigenvalue weighted by Gasteiger charge is -2.09. The van der Waals surface area contributed by atoms with Gasteiger partial charge < -0.3 is 5.32 Å². The summed E-state index contributed by atoms with van der Waals surface area (Å²) in [7, 11) is 1.71. The van der Waals surface area contributed by atoms with E-state index in [4.69, 9.17) is 6.58 Å². The molecule has 0 saturated heterocycles. The molecule has 0 aliphatic carbocycles. The maximum atomic E-state index is 5.97. The van der Waals surface area contributed by atoms with E-state index >= 15 is 0 Å². The molecule has 2 rings (SSSR count). The van der Waals surface area contributed by atoms with Gasteiger partial charge in [0.1, 0.15) is 5.82 Å². The summed E-state index contributed by atoms with van der Waals surface area (Å²) < 4.78 is 0. The Kier molecular flexibility index (Phi) is 6.88. The number of hydrogen-bond donors (Lipinski definition) is 1. The van der Waals surface area contributed by atoms with E-state index in [9.17, 15) is 0 Å². The Labute approximate surface area is 128 Å². The summed E-state index contributed by atoms with van der Waals surface area (Å²) in [6.07, 6.45) is 3.74. The van der Waals surface area contributed by atoms with Crippen LogP contribution in [0.3, 0.4) is 0 Å². The van der Waals surface area contributed by atoms with Gasteiger partial charge in [-0.1, -0.05) is 38.1 Å². The molecule has 0 atom stereocenters. The molecule has 21 heavy (non-hydrogen) atoms.